The van der Waals surface area contributed by atoms with E-state index in [1.165, 1.54) is 12.1 Å². The summed E-state index contributed by atoms with van der Waals surface area (Å²) >= 11 is 0. The van der Waals surface area contributed by atoms with Crippen molar-refractivity contribution >= 4 is 5.69 Å². The van der Waals surface area contributed by atoms with Gasteiger partial charge in [0.15, 0.2) is 0 Å². The van der Waals surface area contributed by atoms with E-state index in [2.05, 4.69) is 0 Å². The highest BCUT2D eigenvalue weighted by atomic mass is 19.4. The van der Waals surface area contributed by atoms with Crippen molar-refractivity contribution in [3.63, 3.8) is 0 Å². The Bertz CT molecular complexity index is 663. The van der Waals surface area contributed by atoms with E-state index >= 15 is 0 Å². The number of aryl methyl sites for hydroxylation is 1. The number of hydrogen-bond acceptors (Lipinski definition) is 1. The molecule has 1 nitrogen and oxygen atoms in total. The van der Waals surface area contributed by atoms with Crippen molar-refractivity contribution in [2.75, 3.05) is 5.73 Å². The highest BCUT2D eigenvalue weighted by Crippen LogP contribution is 2.41. The van der Waals surface area contributed by atoms with Crippen LogP contribution in [0.1, 0.15) is 27.8 Å². The van der Waals surface area contributed by atoms with Crippen LogP contribution in [0.4, 0.5) is 32.0 Å². The third kappa shape index (κ3) is 3.97. The Kier molecular flexibility index (Phi) is 4.32. The molecule has 124 valence electrons. The lowest BCUT2D eigenvalue weighted by molar-refractivity contribution is -0.144. The van der Waals surface area contributed by atoms with Crippen LogP contribution >= 0.6 is 0 Å². The molecular formula is C16H13F6N. The SMILES string of the molecule is Cc1ccc(Cc2c(C(F)(F)F)cc(N)cc2C(F)(F)F)cc1. The molecule has 0 atom stereocenters. The van der Waals surface area contributed by atoms with E-state index < -0.39 is 41.2 Å². The van der Waals surface area contributed by atoms with Crippen LogP contribution in [-0.4, -0.2) is 0 Å². The van der Waals surface area contributed by atoms with E-state index in [4.69, 9.17) is 5.73 Å². The van der Waals surface area contributed by atoms with Crippen molar-refractivity contribution < 1.29 is 26.3 Å². The second-order valence-electron chi connectivity index (χ2n) is 5.25. The zero-order chi connectivity index (χ0) is 17.4. The standard InChI is InChI=1S/C16H13F6N/c1-9-2-4-10(5-3-9)6-12-13(15(17,18)19)7-11(23)8-14(12)16(20,21)22/h2-5,7-8H,6,23H2,1H3. The molecule has 0 aliphatic heterocycles. The Morgan fingerprint density at radius 1 is 0.826 bits per heavy atom. The van der Waals surface area contributed by atoms with Gasteiger partial charge in [0.05, 0.1) is 11.1 Å². The predicted molar refractivity (Wildman–Crippen MR) is 74.8 cm³/mol. The number of hydrogen-bond donors (Lipinski definition) is 1. The van der Waals surface area contributed by atoms with Crippen LogP contribution < -0.4 is 5.73 Å². The number of anilines is 1. The Hall–Kier alpha value is -2.18. The van der Waals surface area contributed by atoms with Crippen molar-refractivity contribution in [2.45, 2.75) is 25.7 Å². The number of nitrogen functional groups attached to an aromatic ring is 1. The lowest BCUT2D eigenvalue weighted by atomic mass is 9.93. The average molecular weight is 333 g/mol. The molecule has 0 amide bonds. The summed E-state index contributed by atoms with van der Waals surface area (Å²) in [5.41, 5.74) is 2.35. The van der Waals surface area contributed by atoms with Crippen LogP contribution in [0.2, 0.25) is 0 Å². The number of rotatable bonds is 2. The molecule has 0 fully saturated rings. The van der Waals surface area contributed by atoms with Gasteiger partial charge in [-0.25, -0.2) is 0 Å². The third-order valence-corrected chi connectivity index (χ3v) is 3.38. The summed E-state index contributed by atoms with van der Waals surface area (Å²) in [6.45, 7) is 1.77. The van der Waals surface area contributed by atoms with Crippen molar-refractivity contribution in [1.82, 2.24) is 0 Å². The van der Waals surface area contributed by atoms with Gasteiger partial charge in [0.1, 0.15) is 0 Å². The number of alkyl halides is 6. The van der Waals surface area contributed by atoms with E-state index in [9.17, 15) is 26.3 Å². The molecule has 0 saturated heterocycles. The van der Waals surface area contributed by atoms with Crippen LogP contribution in [0.3, 0.4) is 0 Å². The molecule has 0 spiro atoms. The van der Waals surface area contributed by atoms with E-state index in [0.717, 1.165) is 5.56 Å². The molecule has 2 rings (SSSR count). The zero-order valence-electron chi connectivity index (χ0n) is 12.0. The Balaban J connectivity index is 2.64. The fraction of sp³-hybridized carbons (Fsp3) is 0.250. The number of benzene rings is 2. The van der Waals surface area contributed by atoms with Gasteiger partial charge >= 0.3 is 12.4 Å². The molecule has 2 N–H and O–H groups in total. The molecule has 0 saturated carbocycles. The normalized spacial score (nSPS) is 12.5. The lowest BCUT2D eigenvalue weighted by Crippen LogP contribution is -2.17. The van der Waals surface area contributed by atoms with E-state index in [1.54, 1.807) is 19.1 Å². The Morgan fingerprint density at radius 2 is 1.26 bits per heavy atom. The maximum atomic E-state index is 13.1. The first-order chi connectivity index (χ1) is 10.5. The van der Waals surface area contributed by atoms with E-state index in [1.807, 2.05) is 0 Å². The average Bonchev–Trinajstić information content (AvgIpc) is 2.40. The second-order valence-corrected chi connectivity index (χ2v) is 5.25. The van der Waals surface area contributed by atoms with Crippen LogP contribution in [0.15, 0.2) is 36.4 Å². The molecule has 0 aliphatic rings. The molecule has 0 heterocycles. The van der Waals surface area contributed by atoms with Crippen molar-refractivity contribution in [3.05, 3.63) is 64.2 Å². The molecule has 23 heavy (non-hydrogen) atoms. The maximum Gasteiger partial charge on any atom is 0.416 e. The minimum Gasteiger partial charge on any atom is -0.399 e. The first-order valence-electron chi connectivity index (χ1n) is 6.61. The summed E-state index contributed by atoms with van der Waals surface area (Å²) in [7, 11) is 0. The van der Waals surface area contributed by atoms with Gasteiger partial charge in [-0.15, -0.1) is 0 Å². The van der Waals surface area contributed by atoms with Gasteiger partial charge in [0.25, 0.3) is 0 Å². The summed E-state index contributed by atoms with van der Waals surface area (Å²) in [6.07, 6.45) is -10.3. The smallest absolute Gasteiger partial charge is 0.399 e. The van der Waals surface area contributed by atoms with Gasteiger partial charge in [-0.05, 0) is 36.6 Å². The number of halogens is 6. The van der Waals surface area contributed by atoms with Gasteiger partial charge in [-0.2, -0.15) is 26.3 Å². The molecule has 0 unspecified atom stereocenters. The van der Waals surface area contributed by atoms with Gasteiger partial charge in [-0.3, -0.25) is 0 Å². The largest absolute Gasteiger partial charge is 0.416 e. The summed E-state index contributed by atoms with van der Waals surface area (Å²) in [4.78, 5) is 0. The highest BCUT2D eigenvalue weighted by Gasteiger charge is 2.41. The van der Waals surface area contributed by atoms with E-state index in [0.29, 0.717) is 17.7 Å². The predicted octanol–water partition coefficient (Wildman–Crippen LogP) is 5.21. The first kappa shape index (κ1) is 17.2. The minimum absolute atomic E-state index is 0.358. The maximum absolute atomic E-state index is 13.1. The molecule has 2 aromatic carbocycles. The van der Waals surface area contributed by atoms with Crippen LogP contribution in [0.5, 0.6) is 0 Å². The monoisotopic (exact) mass is 333 g/mol. The first-order valence-corrected chi connectivity index (χ1v) is 6.61. The molecule has 2 aromatic rings. The topological polar surface area (TPSA) is 26.0 Å². The van der Waals surface area contributed by atoms with Gasteiger partial charge in [0.2, 0.25) is 0 Å². The highest BCUT2D eigenvalue weighted by molar-refractivity contribution is 5.53. The van der Waals surface area contributed by atoms with E-state index in [-0.39, 0.29) is 0 Å². The zero-order valence-corrected chi connectivity index (χ0v) is 12.0. The van der Waals surface area contributed by atoms with Gasteiger partial charge in [-0.1, -0.05) is 29.8 Å². The molecule has 0 radical (unpaired) electrons. The van der Waals surface area contributed by atoms with Crippen LogP contribution in [0.25, 0.3) is 0 Å². The van der Waals surface area contributed by atoms with Crippen LogP contribution in [0, 0.1) is 6.92 Å². The Morgan fingerprint density at radius 3 is 1.65 bits per heavy atom. The van der Waals surface area contributed by atoms with Crippen molar-refractivity contribution in [3.8, 4) is 0 Å². The molecular weight excluding hydrogens is 320 g/mol. The van der Waals surface area contributed by atoms with Gasteiger partial charge in [0, 0.05) is 5.69 Å². The fourth-order valence-electron chi connectivity index (χ4n) is 2.30. The molecule has 0 bridgehead atoms. The summed E-state index contributed by atoms with van der Waals surface area (Å²) in [5.74, 6) is 0. The summed E-state index contributed by atoms with van der Waals surface area (Å²) < 4.78 is 78.8. The fourth-order valence-corrected chi connectivity index (χ4v) is 2.30. The van der Waals surface area contributed by atoms with Crippen molar-refractivity contribution in [2.24, 2.45) is 0 Å². The molecule has 0 aromatic heterocycles. The minimum atomic E-state index is -4.92. The molecule has 7 heteroatoms. The quantitative estimate of drug-likeness (QED) is 0.593. The number of nitrogens with two attached hydrogens (primary N) is 1. The van der Waals surface area contributed by atoms with Crippen LogP contribution in [-0.2, 0) is 18.8 Å². The molecule has 0 aliphatic carbocycles. The lowest BCUT2D eigenvalue weighted by Gasteiger charge is -2.20. The Labute approximate surface area is 128 Å². The van der Waals surface area contributed by atoms with Crippen molar-refractivity contribution in [1.29, 1.82) is 0 Å². The summed E-state index contributed by atoms with van der Waals surface area (Å²) in [6, 6.07) is 7.36. The summed E-state index contributed by atoms with van der Waals surface area (Å²) in [5, 5.41) is 0. The van der Waals surface area contributed by atoms with Gasteiger partial charge < -0.3 is 5.73 Å². The second kappa shape index (κ2) is 5.79. The third-order valence-electron chi connectivity index (χ3n) is 3.38.